The van der Waals surface area contributed by atoms with Crippen molar-refractivity contribution in [2.45, 2.75) is 26.9 Å². The molecule has 1 atom stereocenters. The number of hydrogen-bond acceptors (Lipinski definition) is 3. The molecule has 0 aliphatic carbocycles. The maximum atomic E-state index is 13.5. The van der Waals surface area contributed by atoms with Gasteiger partial charge in [-0.05, 0) is 30.5 Å². The van der Waals surface area contributed by atoms with Gasteiger partial charge in [0, 0.05) is 25.3 Å². The average molecular weight is 337 g/mol. The molecule has 1 aromatic carbocycles. The first-order chi connectivity index (χ1) is 11.3. The smallest absolute Gasteiger partial charge is 0.319 e. The summed E-state index contributed by atoms with van der Waals surface area (Å²) >= 11 is 0. The lowest BCUT2D eigenvalue weighted by Gasteiger charge is -2.33. The molecule has 24 heavy (non-hydrogen) atoms. The average Bonchev–Trinajstić information content (AvgIpc) is 2.51. The molecule has 2 N–H and O–H groups in total. The molecule has 1 fully saturated rings. The number of nitrogens with one attached hydrogen (secondary N) is 2. The van der Waals surface area contributed by atoms with Gasteiger partial charge in [0.1, 0.15) is 12.4 Å². The van der Waals surface area contributed by atoms with Gasteiger partial charge in [-0.2, -0.15) is 0 Å². The van der Waals surface area contributed by atoms with Gasteiger partial charge in [-0.15, -0.1) is 0 Å². The third-order valence-corrected chi connectivity index (χ3v) is 3.72. The zero-order valence-corrected chi connectivity index (χ0v) is 14.3. The van der Waals surface area contributed by atoms with E-state index >= 15 is 0 Å². The first-order valence-corrected chi connectivity index (χ1v) is 8.05. The standard InChI is InChI=1S/C17H24FN3O3/c1-11(2)8-21-9-14(24-10-16(21)22)7-19-17(23)20-13-5-4-12(3)15(18)6-13/h4-6,11,14H,7-10H2,1-3H3,(H2,19,20,23). The van der Waals surface area contributed by atoms with Crippen LogP contribution in [-0.4, -0.2) is 49.2 Å². The van der Waals surface area contributed by atoms with E-state index in [2.05, 4.69) is 10.6 Å². The van der Waals surface area contributed by atoms with Crippen LogP contribution in [0.15, 0.2) is 18.2 Å². The lowest BCUT2D eigenvalue weighted by atomic mass is 10.1. The second kappa shape index (κ2) is 8.10. The number of ether oxygens (including phenoxy) is 1. The van der Waals surface area contributed by atoms with Crippen molar-refractivity contribution in [3.05, 3.63) is 29.6 Å². The fourth-order valence-corrected chi connectivity index (χ4v) is 2.47. The maximum Gasteiger partial charge on any atom is 0.319 e. The van der Waals surface area contributed by atoms with E-state index in [4.69, 9.17) is 4.74 Å². The number of halogens is 1. The number of morpholine rings is 1. The molecular weight excluding hydrogens is 313 g/mol. The van der Waals surface area contributed by atoms with Gasteiger partial charge in [0.25, 0.3) is 0 Å². The normalized spacial score (nSPS) is 18.0. The predicted octanol–water partition coefficient (Wildman–Crippen LogP) is 2.14. The van der Waals surface area contributed by atoms with Crippen LogP contribution in [0.3, 0.4) is 0 Å². The van der Waals surface area contributed by atoms with Gasteiger partial charge in [-0.25, -0.2) is 9.18 Å². The molecule has 1 saturated heterocycles. The van der Waals surface area contributed by atoms with Crippen LogP contribution in [0.2, 0.25) is 0 Å². The Morgan fingerprint density at radius 1 is 1.46 bits per heavy atom. The van der Waals surface area contributed by atoms with E-state index < -0.39 is 6.03 Å². The molecule has 6 nitrogen and oxygen atoms in total. The van der Waals surface area contributed by atoms with Crippen LogP contribution >= 0.6 is 0 Å². The van der Waals surface area contributed by atoms with E-state index in [0.717, 1.165) is 0 Å². The van der Waals surface area contributed by atoms with Crippen molar-refractivity contribution in [3.63, 3.8) is 0 Å². The molecule has 132 valence electrons. The highest BCUT2D eigenvalue weighted by molar-refractivity contribution is 5.89. The summed E-state index contributed by atoms with van der Waals surface area (Å²) < 4.78 is 18.9. The van der Waals surface area contributed by atoms with Crippen LogP contribution in [0, 0.1) is 18.7 Å². The highest BCUT2D eigenvalue weighted by Gasteiger charge is 2.26. The van der Waals surface area contributed by atoms with Crippen LogP contribution in [0.25, 0.3) is 0 Å². The zero-order valence-electron chi connectivity index (χ0n) is 14.3. The molecule has 0 saturated carbocycles. The summed E-state index contributed by atoms with van der Waals surface area (Å²) in [5.41, 5.74) is 0.906. The Morgan fingerprint density at radius 3 is 2.88 bits per heavy atom. The Morgan fingerprint density at radius 2 is 2.21 bits per heavy atom. The molecular formula is C17H24FN3O3. The molecule has 1 heterocycles. The number of rotatable bonds is 5. The number of urea groups is 1. The Kier molecular flexibility index (Phi) is 6.14. The van der Waals surface area contributed by atoms with E-state index in [-0.39, 0.29) is 31.0 Å². The van der Waals surface area contributed by atoms with E-state index in [9.17, 15) is 14.0 Å². The van der Waals surface area contributed by atoms with Crippen LogP contribution in [0.5, 0.6) is 0 Å². The zero-order chi connectivity index (χ0) is 17.7. The summed E-state index contributed by atoms with van der Waals surface area (Å²) in [5.74, 6) is -0.0221. The van der Waals surface area contributed by atoms with Crippen molar-refractivity contribution in [2.24, 2.45) is 5.92 Å². The van der Waals surface area contributed by atoms with Crippen LogP contribution in [0.1, 0.15) is 19.4 Å². The third-order valence-electron chi connectivity index (χ3n) is 3.72. The SMILES string of the molecule is Cc1ccc(NC(=O)NCC2CN(CC(C)C)C(=O)CO2)cc1F. The maximum absolute atomic E-state index is 13.5. The van der Waals surface area contributed by atoms with Gasteiger partial charge in [-0.1, -0.05) is 19.9 Å². The van der Waals surface area contributed by atoms with Crippen LogP contribution in [0.4, 0.5) is 14.9 Å². The minimum atomic E-state index is -0.436. The summed E-state index contributed by atoms with van der Waals surface area (Å²) in [6.45, 7) is 7.19. The second-order valence-electron chi connectivity index (χ2n) is 6.42. The number of nitrogens with zero attached hydrogens (tertiary/aromatic N) is 1. The minimum absolute atomic E-state index is 0.0282. The molecule has 2 rings (SSSR count). The Balaban J connectivity index is 1.80. The van der Waals surface area contributed by atoms with E-state index in [1.165, 1.54) is 6.07 Å². The van der Waals surface area contributed by atoms with Crippen molar-refractivity contribution in [3.8, 4) is 0 Å². The molecule has 3 amide bonds. The highest BCUT2D eigenvalue weighted by Crippen LogP contribution is 2.13. The summed E-state index contributed by atoms with van der Waals surface area (Å²) in [7, 11) is 0. The number of benzene rings is 1. The lowest BCUT2D eigenvalue weighted by Crippen LogP contribution is -2.51. The number of amides is 3. The summed E-state index contributed by atoms with van der Waals surface area (Å²) in [4.78, 5) is 25.4. The molecule has 1 aliphatic heterocycles. The van der Waals surface area contributed by atoms with Crippen LogP contribution < -0.4 is 10.6 Å². The van der Waals surface area contributed by atoms with E-state index in [0.29, 0.717) is 30.3 Å². The van der Waals surface area contributed by atoms with Crippen molar-refractivity contribution in [1.29, 1.82) is 0 Å². The highest BCUT2D eigenvalue weighted by atomic mass is 19.1. The number of carbonyl (C=O) groups is 2. The number of carbonyl (C=O) groups excluding carboxylic acids is 2. The van der Waals surface area contributed by atoms with Crippen molar-refractivity contribution < 1.29 is 18.7 Å². The molecule has 7 heteroatoms. The number of anilines is 1. The second-order valence-corrected chi connectivity index (χ2v) is 6.42. The van der Waals surface area contributed by atoms with Gasteiger partial charge >= 0.3 is 6.03 Å². The topological polar surface area (TPSA) is 70.7 Å². The van der Waals surface area contributed by atoms with Crippen LogP contribution in [-0.2, 0) is 9.53 Å². The first-order valence-electron chi connectivity index (χ1n) is 8.05. The predicted molar refractivity (Wildman–Crippen MR) is 89.3 cm³/mol. The van der Waals surface area contributed by atoms with Crippen molar-refractivity contribution >= 4 is 17.6 Å². The lowest BCUT2D eigenvalue weighted by molar-refractivity contribution is -0.149. The summed E-state index contributed by atoms with van der Waals surface area (Å²) in [6, 6.07) is 4.08. The largest absolute Gasteiger partial charge is 0.365 e. The Bertz CT molecular complexity index is 607. The Hall–Kier alpha value is -2.15. The summed E-state index contributed by atoms with van der Waals surface area (Å²) in [5, 5.41) is 5.26. The van der Waals surface area contributed by atoms with Gasteiger partial charge in [0.2, 0.25) is 5.91 Å². The third kappa shape index (κ3) is 5.19. The van der Waals surface area contributed by atoms with E-state index in [1.54, 1.807) is 24.0 Å². The fraction of sp³-hybridized carbons (Fsp3) is 0.529. The van der Waals surface area contributed by atoms with Crippen molar-refractivity contribution in [2.75, 3.05) is 31.6 Å². The molecule has 1 unspecified atom stereocenters. The quantitative estimate of drug-likeness (QED) is 0.865. The van der Waals surface area contributed by atoms with Gasteiger partial charge in [0.15, 0.2) is 0 Å². The Labute approximate surface area is 141 Å². The minimum Gasteiger partial charge on any atom is -0.365 e. The fourth-order valence-electron chi connectivity index (χ4n) is 2.47. The summed E-state index contributed by atoms with van der Waals surface area (Å²) in [6.07, 6.45) is -0.248. The first kappa shape index (κ1) is 18.2. The van der Waals surface area contributed by atoms with Crippen molar-refractivity contribution in [1.82, 2.24) is 10.2 Å². The number of aryl methyl sites for hydroxylation is 1. The molecule has 0 aromatic heterocycles. The molecule has 1 aliphatic rings. The molecule has 0 spiro atoms. The number of hydrogen-bond donors (Lipinski definition) is 2. The van der Waals surface area contributed by atoms with E-state index in [1.807, 2.05) is 13.8 Å². The molecule has 1 aromatic rings. The van der Waals surface area contributed by atoms with Gasteiger partial charge in [0.05, 0.1) is 6.10 Å². The molecule has 0 bridgehead atoms. The van der Waals surface area contributed by atoms with Gasteiger partial charge < -0.3 is 20.3 Å². The molecule has 0 radical (unpaired) electrons. The van der Waals surface area contributed by atoms with Gasteiger partial charge in [-0.3, -0.25) is 4.79 Å². The monoisotopic (exact) mass is 337 g/mol.